The number of hydrogen-bond acceptors (Lipinski definition) is 2. The van der Waals surface area contributed by atoms with Crippen molar-refractivity contribution in [3.8, 4) is 5.75 Å². The lowest BCUT2D eigenvalue weighted by molar-refractivity contribution is 0.475. The number of phenolic OH excluding ortho intramolecular Hbond substituents is 1. The van der Waals surface area contributed by atoms with Crippen molar-refractivity contribution in [1.29, 1.82) is 0 Å². The molecule has 0 heterocycles. The molecule has 0 fully saturated rings. The minimum atomic E-state index is -0.245. The molecule has 0 amide bonds. The normalized spacial score (nSPS) is 10.2. The monoisotopic (exact) mass is 251 g/mol. The molecule has 0 aromatic heterocycles. The molecule has 0 unspecified atom stereocenters. The third-order valence-corrected chi connectivity index (χ3v) is 2.69. The Hall–Kier alpha value is -1.74. The maximum absolute atomic E-state index is 13.3. The van der Waals surface area contributed by atoms with Crippen LogP contribution in [-0.2, 0) is 6.54 Å². The molecule has 2 nitrogen and oxygen atoms in total. The highest BCUT2D eigenvalue weighted by Crippen LogP contribution is 2.26. The first-order valence-corrected chi connectivity index (χ1v) is 5.50. The molecular weight excluding hydrogens is 241 g/mol. The molecule has 0 aliphatic heterocycles. The molecule has 2 aromatic carbocycles. The summed E-state index contributed by atoms with van der Waals surface area (Å²) in [5, 5.41) is 12.6. The van der Waals surface area contributed by atoms with Gasteiger partial charge in [-0.2, -0.15) is 0 Å². The van der Waals surface area contributed by atoms with Crippen molar-refractivity contribution in [2.75, 3.05) is 5.32 Å². The number of anilines is 1. The van der Waals surface area contributed by atoms with Crippen LogP contribution in [0.25, 0.3) is 0 Å². The van der Waals surface area contributed by atoms with E-state index in [4.69, 9.17) is 11.6 Å². The molecule has 0 aliphatic carbocycles. The summed E-state index contributed by atoms with van der Waals surface area (Å²) in [5.74, 6) is -0.215. The van der Waals surface area contributed by atoms with Crippen molar-refractivity contribution < 1.29 is 9.50 Å². The fourth-order valence-electron chi connectivity index (χ4n) is 1.46. The van der Waals surface area contributed by atoms with Gasteiger partial charge < -0.3 is 10.4 Å². The first kappa shape index (κ1) is 11.7. The van der Waals surface area contributed by atoms with E-state index in [0.717, 1.165) is 5.69 Å². The van der Waals surface area contributed by atoms with Gasteiger partial charge in [-0.15, -0.1) is 0 Å². The lowest BCUT2D eigenvalue weighted by atomic mass is 10.2. The van der Waals surface area contributed by atoms with Crippen LogP contribution in [0, 0.1) is 5.82 Å². The highest BCUT2D eigenvalue weighted by molar-refractivity contribution is 6.32. The largest absolute Gasteiger partial charge is 0.506 e. The van der Waals surface area contributed by atoms with Crippen molar-refractivity contribution in [3.63, 3.8) is 0 Å². The Labute approximate surface area is 104 Å². The molecule has 0 spiro atoms. The van der Waals surface area contributed by atoms with Gasteiger partial charge >= 0.3 is 0 Å². The fraction of sp³-hybridized carbons (Fsp3) is 0.0769. The molecule has 2 N–H and O–H groups in total. The van der Waals surface area contributed by atoms with Gasteiger partial charge in [0.1, 0.15) is 11.6 Å². The highest BCUT2D eigenvalue weighted by atomic mass is 35.5. The summed E-state index contributed by atoms with van der Waals surface area (Å²) < 4.78 is 13.3. The molecule has 0 atom stereocenters. The van der Waals surface area contributed by atoms with Crippen LogP contribution in [0.2, 0.25) is 5.02 Å². The first-order chi connectivity index (χ1) is 8.16. The summed E-state index contributed by atoms with van der Waals surface area (Å²) in [4.78, 5) is 0. The summed E-state index contributed by atoms with van der Waals surface area (Å²) >= 11 is 5.76. The van der Waals surface area contributed by atoms with E-state index in [9.17, 15) is 9.50 Å². The van der Waals surface area contributed by atoms with Gasteiger partial charge in [0.05, 0.1) is 5.02 Å². The minimum absolute atomic E-state index is 0.0307. The number of benzene rings is 2. The molecule has 0 bridgehead atoms. The van der Waals surface area contributed by atoms with E-state index in [2.05, 4.69) is 5.32 Å². The fourth-order valence-corrected chi connectivity index (χ4v) is 1.64. The standard InChI is InChI=1S/C13H11ClFNO/c14-11-7-10(5-6-13(11)17)16-8-9-3-1-2-4-12(9)15/h1-7,16-17H,8H2. The number of rotatable bonds is 3. The maximum Gasteiger partial charge on any atom is 0.134 e. The number of halogens is 2. The van der Waals surface area contributed by atoms with Crippen LogP contribution in [0.1, 0.15) is 5.56 Å². The van der Waals surface area contributed by atoms with Gasteiger partial charge in [0, 0.05) is 17.8 Å². The van der Waals surface area contributed by atoms with Gasteiger partial charge in [-0.05, 0) is 24.3 Å². The second-order valence-electron chi connectivity index (χ2n) is 3.61. The predicted molar refractivity (Wildman–Crippen MR) is 66.8 cm³/mol. The van der Waals surface area contributed by atoms with Crippen molar-refractivity contribution in [1.82, 2.24) is 0 Å². The quantitative estimate of drug-likeness (QED) is 0.814. The maximum atomic E-state index is 13.3. The predicted octanol–water partition coefficient (Wildman–Crippen LogP) is 3.80. The third-order valence-electron chi connectivity index (χ3n) is 2.39. The van der Waals surface area contributed by atoms with Crippen molar-refractivity contribution in [2.24, 2.45) is 0 Å². The van der Waals surface area contributed by atoms with Crippen LogP contribution >= 0.6 is 11.6 Å². The van der Waals surface area contributed by atoms with Crippen LogP contribution in [-0.4, -0.2) is 5.11 Å². The topological polar surface area (TPSA) is 32.3 Å². The Balaban J connectivity index is 2.08. The van der Waals surface area contributed by atoms with Crippen molar-refractivity contribution in [2.45, 2.75) is 6.54 Å². The number of aromatic hydroxyl groups is 1. The number of phenols is 1. The van der Waals surface area contributed by atoms with E-state index in [1.165, 1.54) is 12.1 Å². The Morgan fingerprint density at radius 2 is 1.94 bits per heavy atom. The van der Waals surface area contributed by atoms with Crippen LogP contribution < -0.4 is 5.32 Å². The molecule has 17 heavy (non-hydrogen) atoms. The third kappa shape index (κ3) is 2.88. The van der Waals surface area contributed by atoms with E-state index >= 15 is 0 Å². The second kappa shape index (κ2) is 5.06. The van der Waals surface area contributed by atoms with E-state index in [1.807, 2.05) is 0 Å². The summed E-state index contributed by atoms with van der Waals surface area (Å²) in [6.45, 7) is 0.369. The Morgan fingerprint density at radius 1 is 1.18 bits per heavy atom. The van der Waals surface area contributed by atoms with E-state index in [-0.39, 0.29) is 16.6 Å². The van der Waals surface area contributed by atoms with Crippen molar-refractivity contribution >= 4 is 17.3 Å². The zero-order valence-electron chi connectivity index (χ0n) is 8.95. The molecule has 0 radical (unpaired) electrons. The number of hydrogen-bond donors (Lipinski definition) is 2. The van der Waals surface area contributed by atoms with Gasteiger partial charge in [-0.1, -0.05) is 29.8 Å². The molecule has 88 valence electrons. The molecule has 0 saturated heterocycles. The van der Waals surface area contributed by atoms with Crippen LogP contribution in [0.15, 0.2) is 42.5 Å². The molecule has 2 aromatic rings. The smallest absolute Gasteiger partial charge is 0.134 e. The van der Waals surface area contributed by atoms with Gasteiger partial charge in [-0.3, -0.25) is 0 Å². The Kier molecular flexibility index (Phi) is 3.49. The SMILES string of the molecule is Oc1ccc(NCc2ccccc2F)cc1Cl. The van der Waals surface area contributed by atoms with Crippen LogP contribution in [0.4, 0.5) is 10.1 Å². The highest BCUT2D eigenvalue weighted by Gasteiger charge is 2.02. The van der Waals surface area contributed by atoms with Gasteiger partial charge in [-0.25, -0.2) is 4.39 Å². The van der Waals surface area contributed by atoms with Gasteiger partial charge in [0.2, 0.25) is 0 Å². The first-order valence-electron chi connectivity index (χ1n) is 5.12. The van der Waals surface area contributed by atoms with Crippen molar-refractivity contribution in [3.05, 3.63) is 58.9 Å². The number of nitrogens with one attached hydrogen (secondary N) is 1. The van der Waals surface area contributed by atoms with Gasteiger partial charge in [0.15, 0.2) is 0 Å². The zero-order valence-corrected chi connectivity index (χ0v) is 9.71. The molecule has 0 aliphatic rings. The lowest BCUT2D eigenvalue weighted by Crippen LogP contribution is -2.01. The summed E-state index contributed by atoms with van der Waals surface area (Å²) in [7, 11) is 0. The minimum Gasteiger partial charge on any atom is -0.506 e. The summed E-state index contributed by atoms with van der Waals surface area (Å²) in [6, 6.07) is 11.3. The zero-order chi connectivity index (χ0) is 12.3. The van der Waals surface area contributed by atoms with Crippen LogP contribution in [0.5, 0.6) is 5.75 Å². The Bertz CT molecular complexity index is 531. The molecule has 4 heteroatoms. The van der Waals surface area contributed by atoms with Gasteiger partial charge in [0.25, 0.3) is 0 Å². The second-order valence-corrected chi connectivity index (χ2v) is 4.02. The average Bonchev–Trinajstić information content (AvgIpc) is 2.32. The van der Waals surface area contributed by atoms with E-state index in [1.54, 1.807) is 30.3 Å². The lowest BCUT2D eigenvalue weighted by Gasteiger charge is -2.08. The summed E-state index contributed by atoms with van der Waals surface area (Å²) in [5.41, 5.74) is 1.31. The van der Waals surface area contributed by atoms with E-state index in [0.29, 0.717) is 12.1 Å². The molecular formula is C13H11ClFNO. The Morgan fingerprint density at radius 3 is 2.65 bits per heavy atom. The van der Waals surface area contributed by atoms with E-state index < -0.39 is 0 Å². The summed E-state index contributed by atoms with van der Waals surface area (Å²) in [6.07, 6.45) is 0. The van der Waals surface area contributed by atoms with Crippen LogP contribution in [0.3, 0.4) is 0 Å². The average molecular weight is 252 g/mol. The molecule has 0 saturated carbocycles. The molecule has 2 rings (SSSR count).